The smallest absolute Gasteiger partial charge is 0.333 e. The van der Waals surface area contributed by atoms with Gasteiger partial charge in [0.2, 0.25) is 5.78 Å². The number of carbonyl (C=O) groups excluding carboxylic acids is 1. The number of hydrogen-bond donors (Lipinski definition) is 3. The van der Waals surface area contributed by atoms with Gasteiger partial charge in [-0.3, -0.25) is 8.98 Å². The van der Waals surface area contributed by atoms with Crippen LogP contribution in [0.5, 0.6) is 0 Å². The van der Waals surface area contributed by atoms with Gasteiger partial charge in [0.25, 0.3) is 0 Å². The van der Waals surface area contributed by atoms with Crippen molar-refractivity contribution in [3.8, 4) is 0 Å². The summed E-state index contributed by atoms with van der Waals surface area (Å²) in [6, 6.07) is 9.39. The maximum absolute atomic E-state index is 13.3. The molecule has 0 bridgehead atoms. The number of aliphatic hydroxyl groups excluding tert-OH is 1. The molecule has 0 radical (unpaired) electrons. The number of nitrogens with zero attached hydrogens (tertiary/aromatic N) is 2. The second-order valence-corrected chi connectivity index (χ2v) is 10.7. The molecule has 0 saturated heterocycles. The Morgan fingerprint density at radius 2 is 2.14 bits per heavy atom. The van der Waals surface area contributed by atoms with E-state index in [2.05, 4.69) is 35.4 Å². The van der Waals surface area contributed by atoms with Crippen LogP contribution in [0.1, 0.15) is 45.8 Å². The molecule has 2 heterocycles. The van der Waals surface area contributed by atoms with Gasteiger partial charge in [0.15, 0.2) is 5.76 Å². The number of aryl methyl sites for hydroxylation is 1. The average molecular weight is 565 g/mol. The van der Waals surface area contributed by atoms with E-state index in [0.717, 1.165) is 15.6 Å². The Bertz CT molecular complexity index is 1330. The largest absolute Gasteiger partial charge is 0.458 e. The highest BCUT2D eigenvalue weighted by Crippen LogP contribution is 2.30. The third-order valence-electron chi connectivity index (χ3n) is 5.93. The van der Waals surface area contributed by atoms with Gasteiger partial charge in [-0.15, -0.1) is 0 Å². The number of benzene rings is 1. The van der Waals surface area contributed by atoms with E-state index in [1.807, 2.05) is 31.2 Å². The number of furan rings is 1. The third-order valence-corrected chi connectivity index (χ3v) is 6.89. The average Bonchev–Trinajstić information content (AvgIpc) is 3.33. The first kappa shape index (κ1) is 25.5. The lowest BCUT2D eigenvalue weighted by Gasteiger charge is -2.15. The number of ketones is 1. The highest BCUT2D eigenvalue weighted by Gasteiger charge is 2.35. The Morgan fingerprint density at radius 3 is 2.89 bits per heavy atom. The van der Waals surface area contributed by atoms with Gasteiger partial charge in [-0.1, -0.05) is 28.1 Å². The lowest BCUT2D eigenvalue weighted by molar-refractivity contribution is 0.100. The van der Waals surface area contributed by atoms with Gasteiger partial charge in [0, 0.05) is 29.1 Å². The molecule has 0 spiro atoms. The molecule has 12 heteroatoms. The minimum absolute atomic E-state index is 0.177. The monoisotopic (exact) mass is 564 g/mol. The minimum Gasteiger partial charge on any atom is -0.458 e. The van der Waals surface area contributed by atoms with E-state index in [9.17, 15) is 18.3 Å². The molecule has 2 aromatic heterocycles. The fourth-order valence-corrected chi connectivity index (χ4v) is 5.00. The highest BCUT2D eigenvalue weighted by molar-refractivity contribution is 9.10. The summed E-state index contributed by atoms with van der Waals surface area (Å²) in [5.74, 6) is 0.329. The standard InChI is InChI=1S/C23H25BrN4O6S/c1-13-15(5-14-3-2-4-17(24)6-14)8-21(34-13)22(30)19-10-26-12-27-23(19)28-18-7-16(20(29)9-18)11-33-35(25,31)32/h2-4,6,8,10,12,16,18,20,29H,5,7,9,11H2,1H3,(H2,25,31,32)(H,26,27,28)/t16-,18-,20+/m1/s1. The quantitative estimate of drug-likeness (QED) is 0.332. The normalized spacial score (nSPS) is 20.2. The van der Waals surface area contributed by atoms with Crippen molar-refractivity contribution in [2.24, 2.45) is 11.1 Å². The van der Waals surface area contributed by atoms with Crippen LogP contribution in [0.4, 0.5) is 5.82 Å². The van der Waals surface area contributed by atoms with Crippen molar-refractivity contribution in [2.75, 3.05) is 11.9 Å². The molecule has 3 atom stereocenters. The summed E-state index contributed by atoms with van der Waals surface area (Å²) in [5.41, 5.74) is 2.21. The van der Waals surface area contributed by atoms with Crippen molar-refractivity contribution in [1.29, 1.82) is 0 Å². The van der Waals surface area contributed by atoms with E-state index in [0.29, 0.717) is 30.8 Å². The lowest BCUT2D eigenvalue weighted by Crippen LogP contribution is -2.24. The topological polar surface area (TPSA) is 158 Å². The summed E-state index contributed by atoms with van der Waals surface area (Å²) in [7, 11) is -4.09. The summed E-state index contributed by atoms with van der Waals surface area (Å²) >= 11 is 3.47. The van der Waals surface area contributed by atoms with E-state index in [1.165, 1.54) is 12.5 Å². The van der Waals surface area contributed by atoms with Crippen LogP contribution in [0.15, 0.2) is 51.7 Å². The van der Waals surface area contributed by atoms with Crippen LogP contribution in [-0.2, 0) is 20.9 Å². The van der Waals surface area contributed by atoms with E-state index in [1.54, 1.807) is 6.07 Å². The van der Waals surface area contributed by atoms with E-state index < -0.39 is 22.3 Å². The predicted octanol–water partition coefficient (Wildman–Crippen LogP) is 2.73. The van der Waals surface area contributed by atoms with Gasteiger partial charge in [-0.05, 0) is 49.1 Å². The summed E-state index contributed by atoms with van der Waals surface area (Å²) in [6.45, 7) is 1.59. The maximum Gasteiger partial charge on any atom is 0.333 e. The molecule has 10 nitrogen and oxygen atoms in total. The van der Waals surface area contributed by atoms with Crippen molar-refractivity contribution in [3.05, 3.63) is 75.5 Å². The molecule has 1 fully saturated rings. The molecule has 0 aliphatic heterocycles. The molecular weight excluding hydrogens is 540 g/mol. The second-order valence-electron chi connectivity index (χ2n) is 8.53. The van der Waals surface area contributed by atoms with Crippen molar-refractivity contribution in [2.45, 2.75) is 38.3 Å². The van der Waals surface area contributed by atoms with E-state index >= 15 is 0 Å². The Labute approximate surface area is 211 Å². The number of halogens is 1. The van der Waals surface area contributed by atoms with E-state index in [4.69, 9.17) is 9.56 Å². The van der Waals surface area contributed by atoms with Gasteiger partial charge >= 0.3 is 10.3 Å². The molecule has 3 aromatic rings. The van der Waals surface area contributed by atoms with Crippen LogP contribution < -0.4 is 10.5 Å². The summed E-state index contributed by atoms with van der Waals surface area (Å²) in [5, 5.41) is 18.3. The number of aliphatic hydroxyl groups is 1. The van der Waals surface area contributed by atoms with Crippen molar-refractivity contribution in [3.63, 3.8) is 0 Å². The number of aromatic nitrogens is 2. The van der Waals surface area contributed by atoms with E-state index in [-0.39, 0.29) is 29.8 Å². The molecule has 1 aliphatic rings. The molecule has 4 N–H and O–H groups in total. The Morgan fingerprint density at radius 1 is 1.34 bits per heavy atom. The number of nitrogens with one attached hydrogen (secondary N) is 1. The van der Waals surface area contributed by atoms with Crippen molar-refractivity contribution >= 4 is 37.8 Å². The molecule has 1 aromatic carbocycles. The zero-order chi connectivity index (χ0) is 25.2. The predicted molar refractivity (Wildman–Crippen MR) is 131 cm³/mol. The summed E-state index contributed by atoms with van der Waals surface area (Å²) in [4.78, 5) is 21.5. The van der Waals surface area contributed by atoms with Crippen molar-refractivity contribution in [1.82, 2.24) is 9.97 Å². The molecule has 0 unspecified atom stereocenters. The zero-order valence-electron chi connectivity index (χ0n) is 18.8. The van der Waals surface area contributed by atoms with Crippen molar-refractivity contribution < 1.29 is 26.9 Å². The van der Waals surface area contributed by atoms with Gasteiger partial charge in [0.05, 0.1) is 18.3 Å². The number of rotatable bonds is 9. The first-order valence-electron chi connectivity index (χ1n) is 10.9. The molecular formula is C23H25BrN4O6S. The van der Waals surface area contributed by atoms with Crippen LogP contribution in [0.25, 0.3) is 0 Å². The van der Waals surface area contributed by atoms with Gasteiger partial charge in [-0.2, -0.15) is 8.42 Å². The Balaban J connectivity index is 1.48. The van der Waals surface area contributed by atoms with Gasteiger partial charge in [-0.25, -0.2) is 15.1 Å². The van der Waals surface area contributed by atoms with Gasteiger partial charge < -0.3 is 14.8 Å². The lowest BCUT2D eigenvalue weighted by atomic mass is 10.0. The molecule has 0 amide bonds. The highest BCUT2D eigenvalue weighted by atomic mass is 79.9. The number of anilines is 1. The van der Waals surface area contributed by atoms with Crippen LogP contribution >= 0.6 is 15.9 Å². The van der Waals surface area contributed by atoms with Crippen LogP contribution in [0.3, 0.4) is 0 Å². The van der Waals surface area contributed by atoms with Gasteiger partial charge in [0.1, 0.15) is 17.9 Å². The Hall–Kier alpha value is -2.64. The molecule has 4 rings (SSSR count). The SMILES string of the molecule is Cc1oc(C(=O)c2cncnc2N[C@@H]2C[C@H](COS(N)(=O)=O)[C@@H](O)C2)cc1Cc1cccc(Br)c1. The first-order valence-corrected chi connectivity index (χ1v) is 13.2. The van der Waals surface area contributed by atoms with Crippen LogP contribution in [-0.4, -0.2) is 48.0 Å². The fraction of sp³-hybridized carbons (Fsp3) is 0.348. The number of hydrogen-bond acceptors (Lipinski definition) is 9. The Kier molecular flexibility index (Phi) is 7.67. The summed E-state index contributed by atoms with van der Waals surface area (Å²) < 4.78 is 33.5. The molecule has 1 aliphatic carbocycles. The third kappa shape index (κ3) is 6.53. The minimum atomic E-state index is -4.09. The maximum atomic E-state index is 13.3. The zero-order valence-corrected chi connectivity index (χ0v) is 21.3. The summed E-state index contributed by atoms with van der Waals surface area (Å²) in [6.07, 6.45) is 3.29. The number of nitrogens with two attached hydrogens (primary N) is 1. The fourth-order valence-electron chi connectivity index (χ4n) is 4.19. The number of carbonyl (C=O) groups is 1. The molecule has 186 valence electrons. The first-order chi connectivity index (χ1) is 16.6. The second kappa shape index (κ2) is 10.5. The molecule has 1 saturated carbocycles. The van der Waals surface area contributed by atoms with Crippen LogP contribution in [0.2, 0.25) is 0 Å². The molecule has 35 heavy (non-hydrogen) atoms. The van der Waals surface area contributed by atoms with Crippen LogP contribution in [0, 0.1) is 12.8 Å².